The second kappa shape index (κ2) is 11.0. The van der Waals surface area contributed by atoms with Crippen molar-refractivity contribution in [3.8, 4) is 33.9 Å². The standard InChI is InChI=1S/C31H24O5/c1-4-30(32)35-27-15-6-22(7-16-27)5-14-26-19-20-29(34-26)25-10-8-23(9-11-25)24-12-17-28(18-13-24)36-31(33)21(2)3/h4-20H,1-2H2,3H3/b14-5+. The molecule has 0 unspecified atom stereocenters. The van der Waals surface area contributed by atoms with E-state index in [0.29, 0.717) is 17.1 Å². The van der Waals surface area contributed by atoms with Crippen LogP contribution in [0.2, 0.25) is 0 Å². The third-order valence-electron chi connectivity index (χ3n) is 5.25. The molecule has 4 aromatic rings. The normalized spacial score (nSPS) is 10.7. The fraction of sp³-hybridized carbons (Fsp3) is 0.0323. The average Bonchev–Trinajstić information content (AvgIpc) is 3.38. The van der Waals surface area contributed by atoms with Gasteiger partial charge in [0.2, 0.25) is 0 Å². The molecule has 0 aliphatic rings. The molecule has 0 bridgehead atoms. The van der Waals surface area contributed by atoms with Gasteiger partial charge in [-0.1, -0.05) is 67.8 Å². The van der Waals surface area contributed by atoms with Crippen LogP contribution in [0, 0.1) is 0 Å². The Morgan fingerprint density at radius 3 is 1.89 bits per heavy atom. The first-order chi connectivity index (χ1) is 17.4. The fourth-order valence-electron chi connectivity index (χ4n) is 3.32. The van der Waals surface area contributed by atoms with E-state index in [-0.39, 0.29) is 0 Å². The van der Waals surface area contributed by atoms with E-state index in [4.69, 9.17) is 13.9 Å². The lowest BCUT2D eigenvalue weighted by atomic mass is 10.0. The minimum atomic E-state index is -0.492. The smallest absolute Gasteiger partial charge is 0.338 e. The second-order valence-corrected chi connectivity index (χ2v) is 8.00. The van der Waals surface area contributed by atoms with Crippen LogP contribution >= 0.6 is 0 Å². The van der Waals surface area contributed by atoms with E-state index in [9.17, 15) is 9.59 Å². The summed E-state index contributed by atoms with van der Waals surface area (Å²) >= 11 is 0. The van der Waals surface area contributed by atoms with E-state index in [1.54, 1.807) is 31.2 Å². The van der Waals surface area contributed by atoms with Crippen LogP contribution in [0.1, 0.15) is 18.2 Å². The molecule has 0 atom stereocenters. The van der Waals surface area contributed by atoms with Crippen LogP contribution in [0.25, 0.3) is 34.6 Å². The molecule has 0 aliphatic carbocycles. The van der Waals surface area contributed by atoms with Crippen molar-refractivity contribution < 1.29 is 23.5 Å². The molecule has 0 N–H and O–H groups in total. The van der Waals surface area contributed by atoms with Gasteiger partial charge >= 0.3 is 11.9 Å². The van der Waals surface area contributed by atoms with Crippen LogP contribution in [0.4, 0.5) is 0 Å². The highest BCUT2D eigenvalue weighted by Gasteiger charge is 2.07. The molecule has 0 amide bonds. The Hall–Kier alpha value is -4.90. The lowest BCUT2D eigenvalue weighted by Gasteiger charge is -2.06. The molecule has 0 saturated carbocycles. The largest absolute Gasteiger partial charge is 0.457 e. The Kier molecular flexibility index (Phi) is 7.42. The zero-order valence-electron chi connectivity index (χ0n) is 19.8. The Bertz CT molecular complexity index is 1420. The van der Waals surface area contributed by atoms with E-state index >= 15 is 0 Å². The van der Waals surface area contributed by atoms with Gasteiger partial charge in [0.1, 0.15) is 23.0 Å². The maximum Gasteiger partial charge on any atom is 0.338 e. The molecule has 3 aromatic carbocycles. The van der Waals surface area contributed by atoms with Gasteiger partial charge in [-0.3, -0.25) is 0 Å². The predicted octanol–water partition coefficient (Wildman–Crippen LogP) is 7.36. The quantitative estimate of drug-likeness (QED) is 0.151. The summed E-state index contributed by atoms with van der Waals surface area (Å²) in [6, 6.07) is 26.3. The third-order valence-corrected chi connectivity index (χ3v) is 5.25. The van der Waals surface area contributed by atoms with Gasteiger partial charge in [-0.2, -0.15) is 0 Å². The van der Waals surface area contributed by atoms with Crippen molar-refractivity contribution in [2.45, 2.75) is 6.92 Å². The Morgan fingerprint density at radius 1 is 0.722 bits per heavy atom. The number of furan rings is 1. The summed E-state index contributed by atoms with van der Waals surface area (Å²) in [4.78, 5) is 22.9. The Labute approximate surface area is 209 Å². The molecule has 36 heavy (non-hydrogen) atoms. The van der Waals surface area contributed by atoms with Gasteiger partial charge in [0.05, 0.1) is 0 Å². The number of esters is 2. The Morgan fingerprint density at radius 2 is 1.28 bits per heavy atom. The molecule has 1 heterocycles. The molecule has 1 aromatic heterocycles. The van der Waals surface area contributed by atoms with Gasteiger partial charge in [0.25, 0.3) is 0 Å². The number of hydrogen-bond acceptors (Lipinski definition) is 5. The molecular formula is C31H24O5. The van der Waals surface area contributed by atoms with E-state index in [2.05, 4.69) is 13.2 Å². The summed E-state index contributed by atoms with van der Waals surface area (Å²) in [7, 11) is 0. The van der Waals surface area contributed by atoms with E-state index in [0.717, 1.165) is 39.9 Å². The van der Waals surface area contributed by atoms with Crippen molar-refractivity contribution in [3.05, 3.63) is 121 Å². The molecule has 0 radical (unpaired) electrons. The van der Waals surface area contributed by atoms with E-state index < -0.39 is 11.9 Å². The highest BCUT2D eigenvalue weighted by molar-refractivity contribution is 5.88. The average molecular weight is 477 g/mol. The number of hydrogen-bond donors (Lipinski definition) is 0. The van der Waals surface area contributed by atoms with Gasteiger partial charge in [-0.25, -0.2) is 9.59 Å². The third kappa shape index (κ3) is 6.15. The number of carbonyl (C=O) groups excluding carboxylic acids is 2. The van der Waals surface area contributed by atoms with Crippen LogP contribution in [-0.2, 0) is 9.59 Å². The SMILES string of the molecule is C=CC(=O)Oc1ccc(/C=C/c2ccc(-c3ccc(-c4ccc(OC(=O)C(=C)C)cc4)cc3)o2)cc1. The molecule has 5 nitrogen and oxygen atoms in total. The number of ether oxygens (including phenoxy) is 2. The summed E-state index contributed by atoms with van der Waals surface area (Å²) < 4.78 is 16.3. The van der Waals surface area contributed by atoms with Crippen molar-refractivity contribution in [3.63, 3.8) is 0 Å². The second-order valence-electron chi connectivity index (χ2n) is 8.00. The minimum Gasteiger partial charge on any atom is -0.457 e. The Balaban J connectivity index is 1.40. The first-order valence-corrected chi connectivity index (χ1v) is 11.2. The fourth-order valence-corrected chi connectivity index (χ4v) is 3.32. The van der Waals surface area contributed by atoms with Gasteiger partial charge < -0.3 is 13.9 Å². The van der Waals surface area contributed by atoms with E-state index in [1.165, 1.54) is 0 Å². The van der Waals surface area contributed by atoms with Gasteiger partial charge in [-0.05, 0) is 66.1 Å². The highest BCUT2D eigenvalue weighted by Crippen LogP contribution is 2.28. The van der Waals surface area contributed by atoms with Crippen LogP contribution in [0.5, 0.6) is 11.5 Å². The summed E-state index contributed by atoms with van der Waals surface area (Å²) in [5.74, 6) is 1.48. The molecule has 0 fully saturated rings. The topological polar surface area (TPSA) is 65.7 Å². The molecule has 178 valence electrons. The number of benzene rings is 3. The molecule has 0 aliphatic heterocycles. The maximum atomic E-state index is 11.7. The van der Waals surface area contributed by atoms with Crippen LogP contribution in [0.15, 0.2) is 114 Å². The molecule has 5 heteroatoms. The summed E-state index contributed by atoms with van der Waals surface area (Å²) in [5.41, 5.74) is 4.29. The van der Waals surface area contributed by atoms with Crippen molar-refractivity contribution >= 4 is 24.1 Å². The first kappa shape index (κ1) is 24.2. The maximum absolute atomic E-state index is 11.7. The van der Waals surface area contributed by atoms with Crippen LogP contribution < -0.4 is 9.47 Å². The van der Waals surface area contributed by atoms with Gasteiger partial charge in [0.15, 0.2) is 0 Å². The zero-order chi connectivity index (χ0) is 25.5. The summed E-state index contributed by atoms with van der Waals surface area (Å²) in [5, 5.41) is 0. The van der Waals surface area contributed by atoms with Crippen molar-refractivity contribution in [2.24, 2.45) is 0 Å². The summed E-state index contributed by atoms with van der Waals surface area (Å²) in [6.07, 6.45) is 4.92. The molecule has 0 saturated heterocycles. The lowest BCUT2D eigenvalue weighted by Crippen LogP contribution is -2.07. The molecule has 0 spiro atoms. The summed E-state index contributed by atoms with van der Waals surface area (Å²) in [6.45, 7) is 8.58. The number of rotatable bonds is 8. The van der Waals surface area contributed by atoms with Crippen LogP contribution in [-0.4, -0.2) is 11.9 Å². The van der Waals surface area contributed by atoms with Gasteiger partial charge in [0, 0.05) is 17.2 Å². The van der Waals surface area contributed by atoms with Crippen LogP contribution in [0.3, 0.4) is 0 Å². The van der Waals surface area contributed by atoms with Crippen molar-refractivity contribution in [1.82, 2.24) is 0 Å². The zero-order valence-corrected chi connectivity index (χ0v) is 19.8. The van der Waals surface area contributed by atoms with Gasteiger partial charge in [-0.15, -0.1) is 0 Å². The molecular weight excluding hydrogens is 452 g/mol. The molecule has 4 rings (SSSR count). The lowest BCUT2D eigenvalue weighted by molar-refractivity contribution is -0.130. The number of carbonyl (C=O) groups is 2. The van der Waals surface area contributed by atoms with Crippen molar-refractivity contribution in [1.29, 1.82) is 0 Å². The van der Waals surface area contributed by atoms with E-state index in [1.807, 2.05) is 72.8 Å². The van der Waals surface area contributed by atoms with Crippen molar-refractivity contribution in [2.75, 3.05) is 0 Å². The predicted molar refractivity (Wildman–Crippen MR) is 141 cm³/mol. The monoisotopic (exact) mass is 476 g/mol. The minimum absolute atomic E-state index is 0.355. The highest BCUT2D eigenvalue weighted by atomic mass is 16.5. The first-order valence-electron chi connectivity index (χ1n) is 11.2.